The third kappa shape index (κ3) is 480. The molecule has 0 atom stereocenters. The third-order valence-electron chi connectivity index (χ3n) is 0. The van der Waals surface area contributed by atoms with Crippen LogP contribution >= 0.6 is 0 Å². The molecule has 0 aliphatic heterocycles. The molecule has 0 spiro atoms. The maximum Gasteiger partial charge on any atom is 2.00 e. The second-order valence-corrected chi connectivity index (χ2v) is 1.15. The van der Waals surface area contributed by atoms with Crippen LogP contribution in [0.2, 0.25) is 0 Å². The molecule has 0 unspecified atom stereocenters. The molecule has 3 heteroatoms. The topological polar surface area (TPSA) is 0 Å². The molecule has 0 heterocycles. The molecule has 13 heavy (non-hydrogen) atoms. The molecule has 0 aromatic rings. The Bertz CT molecular complexity index is 12.1. The Morgan fingerprint density at radius 2 is 0.615 bits per heavy atom. The van der Waals surface area contributed by atoms with E-state index in [1.165, 1.54) is 0 Å². The predicted molar refractivity (Wildman–Crippen MR) is 57.9 cm³/mol. The zero-order valence-corrected chi connectivity index (χ0v) is 16.2. The van der Waals surface area contributed by atoms with Gasteiger partial charge in [0.1, 0.15) is 0 Å². The van der Waals surface area contributed by atoms with Crippen LogP contribution in [0.4, 0.5) is 0 Å². The predicted octanol–water partition coefficient (Wildman–Crippen LogP) is 4.81. The van der Waals surface area contributed by atoms with Crippen molar-refractivity contribution in [3.8, 4) is 0 Å². The third-order valence-corrected chi connectivity index (χ3v) is 0. The van der Waals surface area contributed by atoms with Gasteiger partial charge in [-0.25, -0.2) is 0 Å². The van der Waals surface area contributed by atoms with Crippen molar-refractivity contribution in [1.82, 2.24) is 0 Å². The van der Waals surface area contributed by atoms with Crippen LogP contribution in [0.25, 0.3) is 0 Å². The Morgan fingerprint density at radius 3 is 0.615 bits per heavy atom. The zero-order chi connectivity index (χ0) is 5.41. The van der Waals surface area contributed by atoms with Gasteiger partial charge in [0.15, 0.2) is 0 Å². The maximum atomic E-state index is 2.00. The first kappa shape index (κ1) is 81.0. The van der Waals surface area contributed by atoms with Gasteiger partial charge in [0.2, 0.25) is 0 Å². The minimum Gasteiger partial charge on any atom is -0.358 e. The van der Waals surface area contributed by atoms with Gasteiger partial charge in [0.05, 0.1) is 0 Å². The van der Waals surface area contributed by atoms with Crippen LogP contribution < -0.4 is 0 Å². The second kappa shape index (κ2) is 145. The van der Waals surface area contributed by atoms with E-state index < -0.39 is 0 Å². The summed E-state index contributed by atoms with van der Waals surface area (Å²) in [7, 11) is 0. The average molecular weight is 701 g/mol. The van der Waals surface area contributed by atoms with Crippen molar-refractivity contribution in [1.29, 1.82) is 0 Å². The fourth-order valence-electron chi connectivity index (χ4n) is 0. The van der Waals surface area contributed by atoms with Crippen LogP contribution in [0.3, 0.4) is 0 Å². The van der Waals surface area contributed by atoms with E-state index in [0.717, 1.165) is 0 Å². The molecule has 0 aromatic heterocycles. The van der Waals surface area contributed by atoms with Crippen molar-refractivity contribution in [2.75, 3.05) is 0 Å². The van der Waals surface area contributed by atoms with E-state index in [1.807, 2.05) is 40.5 Å². The minimum atomic E-state index is 0. The van der Waals surface area contributed by atoms with Crippen molar-refractivity contribution in [3.63, 3.8) is 0 Å². The van der Waals surface area contributed by atoms with E-state index in [2.05, 4.69) is 0 Å². The van der Waals surface area contributed by atoms with E-state index >= 15 is 0 Å². The Labute approximate surface area is 132 Å². The van der Waals surface area contributed by atoms with Gasteiger partial charge in [0, 0.05) is 42.1 Å². The van der Waals surface area contributed by atoms with Gasteiger partial charge in [-0.1, -0.05) is 22.3 Å². The van der Waals surface area contributed by atoms with Gasteiger partial charge in [-0.3, -0.25) is 0 Å². The number of rotatable bonds is 0. The SMILES string of the molecule is C.C.C.C[CH-]C.C[CH-]C.[CH3-].[W+2].[W].[W]. The summed E-state index contributed by atoms with van der Waals surface area (Å²) in [5.74, 6) is 0. The largest absolute Gasteiger partial charge is 2.00 e. The first-order valence-electron chi connectivity index (χ1n) is 2.31. The molecule has 0 aliphatic rings. The molecule has 0 aliphatic carbocycles. The summed E-state index contributed by atoms with van der Waals surface area (Å²) >= 11 is 0. The molecule has 0 saturated heterocycles. The molecule has 88 valence electrons. The molecular weight excluding hydrogens is 672 g/mol. The Morgan fingerprint density at radius 1 is 0.615 bits per heavy atom. The van der Waals surface area contributed by atoms with Gasteiger partial charge >= 0.3 is 21.1 Å². The van der Waals surface area contributed by atoms with E-state index in [1.54, 1.807) is 0 Å². The van der Waals surface area contributed by atoms with Crippen LogP contribution in [0.15, 0.2) is 0 Å². The molecule has 0 nitrogen and oxygen atoms in total. The summed E-state index contributed by atoms with van der Waals surface area (Å²) in [6, 6.07) is 0. The van der Waals surface area contributed by atoms with Crippen molar-refractivity contribution in [3.05, 3.63) is 20.3 Å². The zero-order valence-electron chi connectivity index (χ0n) is 7.38. The average Bonchev–Trinajstić information content (AvgIpc) is 1.39. The van der Waals surface area contributed by atoms with Gasteiger partial charge in [-0.05, 0) is 0 Å². The van der Waals surface area contributed by atoms with Gasteiger partial charge in [-0.2, -0.15) is 27.7 Å². The fraction of sp³-hybridized carbons (Fsp3) is 0.700. The summed E-state index contributed by atoms with van der Waals surface area (Å²) < 4.78 is 0. The van der Waals surface area contributed by atoms with Crippen molar-refractivity contribution in [2.45, 2.75) is 50.0 Å². The molecular formula is C10H29W3-. The summed E-state index contributed by atoms with van der Waals surface area (Å²) in [6.07, 6.45) is 4.00. The van der Waals surface area contributed by atoms with E-state index in [0.29, 0.717) is 0 Å². The summed E-state index contributed by atoms with van der Waals surface area (Å²) in [5.41, 5.74) is 0. The quantitative estimate of drug-likeness (QED) is 0.319. The monoisotopic (exact) mass is 701 g/mol. The first-order chi connectivity index (χ1) is 2.83. The minimum absolute atomic E-state index is 0. The van der Waals surface area contributed by atoms with E-state index in [-0.39, 0.29) is 92.9 Å². The van der Waals surface area contributed by atoms with Crippen LogP contribution in [-0.4, -0.2) is 0 Å². The van der Waals surface area contributed by atoms with Gasteiger partial charge in [0.25, 0.3) is 0 Å². The normalized spacial score (nSPS) is 2.77. The van der Waals surface area contributed by atoms with E-state index in [9.17, 15) is 0 Å². The first-order valence-corrected chi connectivity index (χ1v) is 2.31. The summed E-state index contributed by atoms with van der Waals surface area (Å²) in [4.78, 5) is 0. The smallest absolute Gasteiger partial charge is 0.358 e. The van der Waals surface area contributed by atoms with Crippen molar-refractivity contribution in [2.24, 2.45) is 0 Å². The van der Waals surface area contributed by atoms with Gasteiger partial charge in [-0.15, -0.1) is 0 Å². The molecule has 0 radical (unpaired) electrons. The molecule has 0 amide bonds. The molecule has 0 N–H and O–H groups in total. The molecule has 0 fully saturated rings. The molecule has 0 saturated carbocycles. The Kier molecular flexibility index (Phi) is 906. The van der Waals surface area contributed by atoms with Gasteiger partial charge < -0.3 is 20.3 Å². The fourth-order valence-corrected chi connectivity index (χ4v) is 0. The van der Waals surface area contributed by atoms with Crippen LogP contribution in [0, 0.1) is 20.3 Å². The number of hydrogen-bond acceptors (Lipinski definition) is 0. The Hall–Kier alpha value is 2.06. The second-order valence-electron chi connectivity index (χ2n) is 1.15. The number of hydrogen-bond donors (Lipinski definition) is 0. The van der Waals surface area contributed by atoms with Crippen molar-refractivity contribution < 1.29 is 63.2 Å². The van der Waals surface area contributed by atoms with Crippen LogP contribution in [-0.2, 0) is 63.2 Å². The van der Waals surface area contributed by atoms with E-state index in [4.69, 9.17) is 0 Å². The summed E-state index contributed by atoms with van der Waals surface area (Å²) in [6.45, 7) is 8.00. The molecule has 0 bridgehead atoms. The molecule has 0 rings (SSSR count). The van der Waals surface area contributed by atoms with Crippen LogP contribution in [0.5, 0.6) is 0 Å². The molecule has 0 aromatic carbocycles. The van der Waals surface area contributed by atoms with Crippen LogP contribution in [0.1, 0.15) is 50.0 Å². The Balaban J connectivity index is -0.00000000229. The van der Waals surface area contributed by atoms with Crippen molar-refractivity contribution >= 4 is 0 Å². The standard InChI is InChI=1S/2C3H7.3CH4.CH3.3W/c2*1-3-2;;;;;;;/h2*3H,1-2H3;3*1H4;1H3;;;/q2*-1;;;;-1;;;+2. The summed E-state index contributed by atoms with van der Waals surface area (Å²) in [5, 5.41) is 0. The maximum absolute atomic E-state index is 2.00.